The molecule has 41 heavy (non-hydrogen) atoms. The maximum atomic E-state index is 13.7. The molecule has 8 nitrogen and oxygen atoms in total. The highest BCUT2D eigenvalue weighted by Gasteiger charge is 2.54. The Morgan fingerprint density at radius 2 is 1.95 bits per heavy atom. The number of nitrogens with one attached hydrogen (secondary N) is 2. The second-order valence-corrected chi connectivity index (χ2v) is 12.5. The van der Waals surface area contributed by atoms with E-state index in [4.69, 9.17) is 16.3 Å². The summed E-state index contributed by atoms with van der Waals surface area (Å²) in [5.74, 6) is 4.39. The van der Waals surface area contributed by atoms with Crippen LogP contribution in [0.1, 0.15) is 12.8 Å². The van der Waals surface area contributed by atoms with Crippen LogP contribution >= 0.6 is 11.6 Å². The summed E-state index contributed by atoms with van der Waals surface area (Å²) in [4.78, 5) is 26.6. The highest BCUT2D eigenvalue weighted by molar-refractivity contribution is 6.31. The molecule has 3 aromatic rings. The van der Waals surface area contributed by atoms with Crippen molar-refractivity contribution in [3.05, 3.63) is 59.7 Å². The first kappa shape index (κ1) is 26.6. The molecule has 2 aromatic carbocycles. The molecule has 5 atom stereocenters. The number of ether oxygens (including phenoxy) is 1. The average molecular weight is 577 g/mol. The van der Waals surface area contributed by atoms with Crippen molar-refractivity contribution in [3.8, 4) is 5.75 Å². The van der Waals surface area contributed by atoms with Gasteiger partial charge in [-0.1, -0.05) is 17.7 Å². The molecule has 214 valence electrons. The molecule has 3 heterocycles. The number of amides is 1. The third kappa shape index (κ3) is 5.76. The molecular weight excluding hydrogens is 543 g/mol. The van der Waals surface area contributed by atoms with E-state index in [9.17, 15) is 9.18 Å². The Morgan fingerprint density at radius 1 is 1.15 bits per heavy atom. The van der Waals surface area contributed by atoms with Crippen molar-refractivity contribution < 1.29 is 13.9 Å². The lowest BCUT2D eigenvalue weighted by Gasteiger charge is -2.16. The molecule has 4 fully saturated rings. The molecule has 10 heteroatoms. The number of benzene rings is 2. The third-order valence-corrected chi connectivity index (χ3v) is 9.42. The van der Waals surface area contributed by atoms with Crippen LogP contribution in [0.2, 0.25) is 5.02 Å². The van der Waals surface area contributed by atoms with E-state index in [2.05, 4.69) is 37.4 Å². The fourth-order valence-electron chi connectivity index (χ4n) is 6.83. The van der Waals surface area contributed by atoms with Gasteiger partial charge in [0.15, 0.2) is 0 Å². The SMILES string of the molecule is CN1C[C@@H]2[C@@H](CCOc3cc4ncnc(Nc5ccc(F)c(Cl)c5)c4cc3NC(=O)/C=C/CN3CC4CC4C3)[C@@H]2C1. The van der Waals surface area contributed by atoms with Gasteiger partial charge in [-0.05, 0) is 73.7 Å². The fraction of sp³-hybridized carbons (Fsp3) is 0.452. The summed E-state index contributed by atoms with van der Waals surface area (Å²) in [5, 5.41) is 6.93. The number of carbonyl (C=O) groups is 1. The first-order valence-electron chi connectivity index (χ1n) is 14.4. The van der Waals surface area contributed by atoms with E-state index in [0.29, 0.717) is 46.4 Å². The maximum absolute atomic E-state index is 13.7. The smallest absolute Gasteiger partial charge is 0.248 e. The minimum Gasteiger partial charge on any atom is -0.491 e. The molecule has 2 aliphatic carbocycles. The molecule has 2 saturated carbocycles. The highest BCUT2D eigenvalue weighted by atomic mass is 35.5. The molecular formula is C31H34ClFN6O2. The predicted molar refractivity (Wildman–Crippen MR) is 158 cm³/mol. The molecule has 1 amide bonds. The average Bonchev–Trinajstić information content (AvgIpc) is 3.71. The lowest BCUT2D eigenvalue weighted by Crippen LogP contribution is -2.23. The fourth-order valence-corrected chi connectivity index (χ4v) is 7.01. The lowest BCUT2D eigenvalue weighted by atomic mass is 10.1. The molecule has 1 aromatic heterocycles. The van der Waals surface area contributed by atoms with Crippen LogP contribution < -0.4 is 15.4 Å². The molecule has 2 aliphatic heterocycles. The van der Waals surface area contributed by atoms with Crippen LogP contribution in [0.5, 0.6) is 5.75 Å². The Morgan fingerprint density at radius 3 is 2.73 bits per heavy atom. The number of anilines is 3. The van der Waals surface area contributed by atoms with Gasteiger partial charge in [-0.2, -0.15) is 0 Å². The topological polar surface area (TPSA) is 82.6 Å². The van der Waals surface area contributed by atoms with Crippen molar-refractivity contribution in [3.63, 3.8) is 0 Å². The Bertz CT molecular complexity index is 1500. The molecule has 2 unspecified atom stereocenters. The largest absolute Gasteiger partial charge is 0.491 e. The van der Waals surface area contributed by atoms with E-state index in [1.165, 1.54) is 38.0 Å². The minimum atomic E-state index is -0.493. The zero-order valence-corrected chi connectivity index (χ0v) is 23.8. The van der Waals surface area contributed by atoms with Gasteiger partial charge in [-0.15, -0.1) is 0 Å². The van der Waals surface area contributed by atoms with Gasteiger partial charge in [-0.3, -0.25) is 9.69 Å². The highest BCUT2D eigenvalue weighted by Crippen LogP contribution is 2.53. The standard InChI is InChI=1S/C31H34ClFN6O2/c1-38-15-23-21(24(23)16-38)6-8-41-29-12-27-22(31(35-17-34-27)36-20-4-5-26(33)25(32)10-20)11-28(29)37-30(40)3-2-7-39-13-18-9-19(18)14-39/h2-5,10-12,17-19,21,23-24H,6-9,13-16H2,1H3,(H,37,40)(H,34,35,36)/b3-2+/t18?,19?,21-,23-,24+. The molecule has 0 radical (unpaired) electrons. The number of aromatic nitrogens is 2. The Balaban J connectivity index is 1.09. The summed E-state index contributed by atoms with van der Waals surface area (Å²) in [6, 6.07) is 8.07. The number of halogens is 2. The van der Waals surface area contributed by atoms with Gasteiger partial charge in [0.2, 0.25) is 5.91 Å². The van der Waals surface area contributed by atoms with Crippen LogP contribution in [0.15, 0.2) is 48.8 Å². The number of fused-ring (bicyclic) bond motifs is 3. The molecule has 4 aliphatic rings. The van der Waals surface area contributed by atoms with E-state index in [1.54, 1.807) is 12.1 Å². The van der Waals surface area contributed by atoms with Crippen molar-refractivity contribution in [1.82, 2.24) is 19.8 Å². The summed E-state index contributed by atoms with van der Waals surface area (Å²) in [7, 11) is 2.18. The monoisotopic (exact) mass is 576 g/mol. The number of piperidine rings is 2. The molecule has 2 N–H and O–H groups in total. The lowest BCUT2D eigenvalue weighted by molar-refractivity contribution is -0.111. The van der Waals surface area contributed by atoms with E-state index in [1.807, 2.05) is 18.2 Å². The van der Waals surface area contributed by atoms with Gasteiger partial charge < -0.3 is 20.3 Å². The molecule has 7 rings (SSSR count). The van der Waals surface area contributed by atoms with Gasteiger partial charge in [0, 0.05) is 55.9 Å². The number of likely N-dealkylation sites (tertiary alicyclic amines) is 2. The van der Waals surface area contributed by atoms with Gasteiger partial charge in [0.1, 0.15) is 23.7 Å². The normalized spacial score (nSPS) is 26.8. The third-order valence-electron chi connectivity index (χ3n) is 9.13. The Kier molecular flexibility index (Phi) is 7.05. The number of hydrogen-bond acceptors (Lipinski definition) is 7. The van der Waals surface area contributed by atoms with Crippen LogP contribution in [0.4, 0.5) is 21.6 Å². The summed E-state index contributed by atoms with van der Waals surface area (Å²) in [6.07, 6.45) is 7.35. The molecule has 0 spiro atoms. The van der Waals surface area contributed by atoms with Crippen LogP contribution in [0.3, 0.4) is 0 Å². The van der Waals surface area contributed by atoms with Gasteiger partial charge >= 0.3 is 0 Å². The van der Waals surface area contributed by atoms with Gasteiger partial charge in [0.25, 0.3) is 0 Å². The van der Waals surface area contributed by atoms with Crippen LogP contribution in [0, 0.1) is 35.4 Å². The minimum absolute atomic E-state index is 0.0150. The van der Waals surface area contributed by atoms with Crippen LogP contribution in [-0.4, -0.2) is 72.1 Å². The second-order valence-electron chi connectivity index (χ2n) is 12.1. The van der Waals surface area contributed by atoms with E-state index in [-0.39, 0.29) is 10.9 Å². The van der Waals surface area contributed by atoms with Gasteiger partial charge in [-0.25, -0.2) is 14.4 Å². The van der Waals surface area contributed by atoms with Crippen molar-refractivity contribution in [1.29, 1.82) is 0 Å². The quantitative estimate of drug-likeness (QED) is 0.321. The first-order chi connectivity index (χ1) is 19.9. The van der Waals surface area contributed by atoms with E-state index >= 15 is 0 Å². The van der Waals surface area contributed by atoms with E-state index in [0.717, 1.165) is 49.7 Å². The Hall–Kier alpha value is -3.27. The molecule has 0 bridgehead atoms. The zero-order chi connectivity index (χ0) is 28.1. The summed E-state index contributed by atoms with van der Waals surface area (Å²) >= 11 is 5.98. The maximum Gasteiger partial charge on any atom is 0.248 e. The van der Waals surface area contributed by atoms with Crippen molar-refractivity contribution in [2.45, 2.75) is 12.8 Å². The summed E-state index contributed by atoms with van der Waals surface area (Å²) in [6.45, 7) is 5.96. The van der Waals surface area contributed by atoms with Crippen LogP contribution in [-0.2, 0) is 4.79 Å². The number of carbonyl (C=O) groups excluding carboxylic acids is 1. The number of nitrogens with zero attached hydrogens (tertiary/aromatic N) is 4. The van der Waals surface area contributed by atoms with E-state index < -0.39 is 5.82 Å². The summed E-state index contributed by atoms with van der Waals surface area (Å²) in [5.41, 5.74) is 1.81. The predicted octanol–water partition coefficient (Wildman–Crippen LogP) is 5.19. The van der Waals surface area contributed by atoms with Crippen molar-refractivity contribution in [2.24, 2.45) is 29.6 Å². The first-order valence-corrected chi connectivity index (χ1v) is 14.8. The number of hydrogen-bond donors (Lipinski definition) is 2. The van der Waals surface area contributed by atoms with Crippen LogP contribution in [0.25, 0.3) is 10.9 Å². The van der Waals surface area contributed by atoms with Crippen molar-refractivity contribution in [2.75, 3.05) is 57.0 Å². The summed E-state index contributed by atoms with van der Waals surface area (Å²) < 4.78 is 20.0. The van der Waals surface area contributed by atoms with Crippen molar-refractivity contribution >= 4 is 45.6 Å². The zero-order valence-electron chi connectivity index (χ0n) is 23.0. The van der Waals surface area contributed by atoms with Gasteiger partial charge in [0.05, 0.1) is 22.8 Å². The number of rotatable bonds is 10. The second kappa shape index (κ2) is 10.9. The Labute approximate surface area is 243 Å². The molecule has 2 saturated heterocycles.